The van der Waals surface area contributed by atoms with Gasteiger partial charge in [0.25, 0.3) is 0 Å². The molecule has 1 aromatic carbocycles. The van der Waals surface area contributed by atoms with Gasteiger partial charge in [0.05, 0.1) is 25.0 Å². The van der Waals surface area contributed by atoms with E-state index in [0.29, 0.717) is 30.8 Å². The molecule has 0 heterocycles. The summed E-state index contributed by atoms with van der Waals surface area (Å²) in [5.74, 6) is -0.671. The summed E-state index contributed by atoms with van der Waals surface area (Å²) in [7, 11) is 1.37. The Labute approximate surface area is 154 Å². The third-order valence-corrected chi connectivity index (χ3v) is 3.70. The number of methoxy groups -OCH3 is 1. The highest BCUT2D eigenvalue weighted by molar-refractivity contribution is 6.00. The SMILES string of the molecule is CCCCOC(=O)c1ccccc1NC(=O)NCCCCCC(=O)OC. The van der Waals surface area contributed by atoms with Gasteiger partial charge < -0.3 is 20.1 Å². The lowest BCUT2D eigenvalue weighted by molar-refractivity contribution is -0.140. The van der Waals surface area contributed by atoms with Gasteiger partial charge >= 0.3 is 18.0 Å². The lowest BCUT2D eigenvalue weighted by Crippen LogP contribution is -2.30. The second-order valence-corrected chi connectivity index (χ2v) is 5.80. The van der Waals surface area contributed by atoms with Crippen LogP contribution >= 0.6 is 0 Å². The Morgan fingerprint density at radius 3 is 2.54 bits per heavy atom. The molecule has 0 atom stereocenters. The summed E-state index contributed by atoms with van der Waals surface area (Å²) in [6.45, 7) is 2.86. The quantitative estimate of drug-likeness (QED) is 0.463. The first-order valence-corrected chi connectivity index (χ1v) is 8.96. The van der Waals surface area contributed by atoms with Crippen LogP contribution in [0, 0.1) is 0 Å². The molecule has 0 saturated carbocycles. The number of unbranched alkanes of at least 4 members (excludes halogenated alkanes) is 3. The Morgan fingerprint density at radius 2 is 1.81 bits per heavy atom. The van der Waals surface area contributed by atoms with Crippen molar-refractivity contribution in [3.63, 3.8) is 0 Å². The van der Waals surface area contributed by atoms with Gasteiger partial charge in [-0.2, -0.15) is 0 Å². The smallest absolute Gasteiger partial charge is 0.340 e. The molecule has 0 fully saturated rings. The fourth-order valence-electron chi connectivity index (χ4n) is 2.20. The van der Waals surface area contributed by atoms with Crippen molar-refractivity contribution in [3.8, 4) is 0 Å². The molecule has 0 unspecified atom stereocenters. The molecule has 26 heavy (non-hydrogen) atoms. The first kappa shape index (κ1) is 21.5. The van der Waals surface area contributed by atoms with Crippen LogP contribution in [0.15, 0.2) is 24.3 Å². The van der Waals surface area contributed by atoms with Crippen molar-refractivity contribution >= 4 is 23.7 Å². The standard InChI is InChI=1S/C19H28N2O5/c1-3-4-14-26-18(23)15-10-7-8-11-16(15)21-19(24)20-13-9-5-6-12-17(22)25-2/h7-8,10-11H,3-6,9,12-14H2,1-2H3,(H2,20,21,24). The normalized spacial score (nSPS) is 10.1. The van der Waals surface area contributed by atoms with Gasteiger partial charge in [0.1, 0.15) is 0 Å². The lowest BCUT2D eigenvalue weighted by Gasteiger charge is -2.11. The molecular weight excluding hydrogens is 336 g/mol. The summed E-state index contributed by atoms with van der Waals surface area (Å²) in [6.07, 6.45) is 4.42. The highest BCUT2D eigenvalue weighted by atomic mass is 16.5. The fourth-order valence-corrected chi connectivity index (χ4v) is 2.20. The molecule has 144 valence electrons. The number of para-hydroxylation sites is 1. The van der Waals surface area contributed by atoms with E-state index >= 15 is 0 Å². The van der Waals surface area contributed by atoms with E-state index in [9.17, 15) is 14.4 Å². The van der Waals surface area contributed by atoms with Crippen molar-refractivity contribution in [2.45, 2.75) is 45.4 Å². The third kappa shape index (κ3) is 8.50. The van der Waals surface area contributed by atoms with Crippen LogP contribution in [0.3, 0.4) is 0 Å². The van der Waals surface area contributed by atoms with Crippen LogP contribution in [0.25, 0.3) is 0 Å². The average Bonchev–Trinajstić information content (AvgIpc) is 2.64. The molecule has 2 amide bonds. The zero-order chi connectivity index (χ0) is 19.2. The maximum atomic E-state index is 12.1. The van der Waals surface area contributed by atoms with E-state index in [1.807, 2.05) is 6.92 Å². The summed E-state index contributed by atoms with van der Waals surface area (Å²) >= 11 is 0. The number of amides is 2. The predicted octanol–water partition coefficient (Wildman–Crippen LogP) is 3.50. The first-order valence-electron chi connectivity index (χ1n) is 8.96. The van der Waals surface area contributed by atoms with E-state index in [-0.39, 0.29) is 12.0 Å². The van der Waals surface area contributed by atoms with Gasteiger partial charge in [-0.1, -0.05) is 31.9 Å². The molecule has 7 heteroatoms. The van der Waals surface area contributed by atoms with Gasteiger partial charge in [-0.05, 0) is 31.4 Å². The Kier molecular flexibility index (Phi) is 10.5. The number of benzene rings is 1. The largest absolute Gasteiger partial charge is 0.469 e. The van der Waals surface area contributed by atoms with E-state index in [0.717, 1.165) is 32.1 Å². The van der Waals surface area contributed by atoms with Crippen LogP contribution in [0.2, 0.25) is 0 Å². The summed E-state index contributed by atoms with van der Waals surface area (Å²) in [5, 5.41) is 5.41. The molecule has 1 rings (SSSR count). The van der Waals surface area contributed by atoms with Crippen LogP contribution in [0.1, 0.15) is 55.8 Å². The minimum absolute atomic E-state index is 0.224. The second-order valence-electron chi connectivity index (χ2n) is 5.80. The molecule has 0 saturated heterocycles. The summed E-state index contributed by atoms with van der Waals surface area (Å²) in [6, 6.07) is 6.36. The number of hydrogen-bond acceptors (Lipinski definition) is 5. The summed E-state index contributed by atoms with van der Waals surface area (Å²) in [5.41, 5.74) is 0.744. The lowest BCUT2D eigenvalue weighted by atomic mass is 10.2. The van der Waals surface area contributed by atoms with Gasteiger partial charge in [0.2, 0.25) is 0 Å². The molecule has 1 aromatic rings. The van der Waals surface area contributed by atoms with E-state index in [4.69, 9.17) is 4.74 Å². The topological polar surface area (TPSA) is 93.7 Å². The van der Waals surface area contributed by atoms with Gasteiger partial charge in [0.15, 0.2) is 0 Å². The Hall–Kier alpha value is -2.57. The van der Waals surface area contributed by atoms with E-state index in [1.54, 1.807) is 24.3 Å². The number of urea groups is 1. The highest BCUT2D eigenvalue weighted by Crippen LogP contribution is 2.16. The van der Waals surface area contributed by atoms with Crippen LogP contribution < -0.4 is 10.6 Å². The van der Waals surface area contributed by atoms with Crippen LogP contribution in [-0.2, 0) is 14.3 Å². The number of rotatable bonds is 11. The average molecular weight is 364 g/mol. The van der Waals surface area contributed by atoms with Crippen molar-refractivity contribution in [3.05, 3.63) is 29.8 Å². The Balaban J connectivity index is 2.37. The summed E-state index contributed by atoms with van der Waals surface area (Å²) < 4.78 is 9.76. The zero-order valence-corrected chi connectivity index (χ0v) is 15.5. The molecule has 0 aliphatic carbocycles. The Bertz CT molecular complexity index is 589. The number of anilines is 1. The third-order valence-electron chi connectivity index (χ3n) is 3.70. The molecule has 0 aliphatic heterocycles. The monoisotopic (exact) mass is 364 g/mol. The number of esters is 2. The first-order chi connectivity index (χ1) is 12.6. The number of carbonyl (C=O) groups excluding carboxylic acids is 3. The number of carbonyl (C=O) groups is 3. The molecular formula is C19H28N2O5. The molecule has 2 N–H and O–H groups in total. The predicted molar refractivity (Wildman–Crippen MR) is 99.1 cm³/mol. The maximum Gasteiger partial charge on any atom is 0.340 e. The second kappa shape index (κ2) is 12.7. The number of nitrogens with one attached hydrogen (secondary N) is 2. The molecule has 0 radical (unpaired) electrons. The minimum atomic E-state index is -0.447. The van der Waals surface area contributed by atoms with Crippen molar-refractivity contribution in [1.82, 2.24) is 5.32 Å². The minimum Gasteiger partial charge on any atom is -0.469 e. The van der Waals surface area contributed by atoms with E-state index in [2.05, 4.69) is 15.4 Å². The fraction of sp³-hybridized carbons (Fsp3) is 0.526. The number of hydrogen-bond donors (Lipinski definition) is 2. The van der Waals surface area contributed by atoms with E-state index < -0.39 is 5.97 Å². The summed E-state index contributed by atoms with van der Waals surface area (Å²) in [4.78, 5) is 35.1. The van der Waals surface area contributed by atoms with Crippen molar-refractivity contribution < 1.29 is 23.9 Å². The Morgan fingerprint density at radius 1 is 1.04 bits per heavy atom. The van der Waals surface area contributed by atoms with Crippen molar-refractivity contribution in [2.24, 2.45) is 0 Å². The molecule has 0 spiro atoms. The van der Waals surface area contributed by atoms with Crippen molar-refractivity contribution in [1.29, 1.82) is 0 Å². The van der Waals surface area contributed by atoms with Gasteiger partial charge in [0, 0.05) is 13.0 Å². The van der Waals surface area contributed by atoms with Crippen LogP contribution in [-0.4, -0.2) is 38.2 Å². The van der Waals surface area contributed by atoms with E-state index in [1.165, 1.54) is 7.11 Å². The number of ether oxygens (including phenoxy) is 2. The van der Waals surface area contributed by atoms with Crippen molar-refractivity contribution in [2.75, 3.05) is 25.6 Å². The molecule has 0 aromatic heterocycles. The van der Waals surface area contributed by atoms with Gasteiger partial charge in [-0.25, -0.2) is 9.59 Å². The molecule has 0 bridgehead atoms. The molecule has 7 nitrogen and oxygen atoms in total. The highest BCUT2D eigenvalue weighted by Gasteiger charge is 2.14. The van der Waals surface area contributed by atoms with Crippen LogP contribution in [0.5, 0.6) is 0 Å². The van der Waals surface area contributed by atoms with Gasteiger partial charge in [-0.15, -0.1) is 0 Å². The molecule has 0 aliphatic rings. The van der Waals surface area contributed by atoms with Gasteiger partial charge in [-0.3, -0.25) is 4.79 Å². The van der Waals surface area contributed by atoms with Crippen LogP contribution in [0.4, 0.5) is 10.5 Å². The maximum absolute atomic E-state index is 12.1. The zero-order valence-electron chi connectivity index (χ0n) is 15.5.